The molecule has 0 spiro atoms. The molecule has 0 aromatic heterocycles. The molecule has 2 unspecified atom stereocenters. The molecule has 1 aromatic carbocycles. The number of piperazine rings is 1. The van der Waals surface area contributed by atoms with Gasteiger partial charge in [-0.1, -0.05) is 11.6 Å². The molecule has 2 aliphatic rings. The predicted octanol–water partition coefficient (Wildman–Crippen LogP) is 3.02. The van der Waals surface area contributed by atoms with Crippen molar-refractivity contribution in [3.63, 3.8) is 0 Å². The topological polar surface area (TPSA) is 15.7 Å². The van der Waals surface area contributed by atoms with Crippen LogP contribution in [-0.2, 0) is 0 Å². The lowest BCUT2D eigenvalue weighted by Gasteiger charge is -2.43. The van der Waals surface area contributed by atoms with E-state index in [4.69, 9.17) is 16.3 Å². The summed E-state index contributed by atoms with van der Waals surface area (Å²) in [6, 6.07) is 7.36. The molecule has 4 heteroatoms. The van der Waals surface area contributed by atoms with Crippen LogP contribution in [-0.4, -0.2) is 43.7 Å². The zero-order valence-electron chi connectivity index (χ0n) is 11.6. The molecule has 0 aliphatic carbocycles. The van der Waals surface area contributed by atoms with Gasteiger partial charge in [0.25, 0.3) is 0 Å². The van der Waals surface area contributed by atoms with Crippen LogP contribution in [0, 0.1) is 0 Å². The van der Waals surface area contributed by atoms with Gasteiger partial charge in [-0.3, -0.25) is 4.90 Å². The van der Waals surface area contributed by atoms with Crippen molar-refractivity contribution >= 4 is 17.3 Å². The summed E-state index contributed by atoms with van der Waals surface area (Å²) in [6.45, 7) is 5.85. The molecule has 2 atom stereocenters. The van der Waals surface area contributed by atoms with Gasteiger partial charge < -0.3 is 9.64 Å². The molecule has 2 heterocycles. The lowest BCUT2D eigenvalue weighted by molar-refractivity contribution is 0.203. The van der Waals surface area contributed by atoms with E-state index in [0.29, 0.717) is 11.1 Å². The number of anilines is 1. The van der Waals surface area contributed by atoms with Gasteiger partial charge in [-0.15, -0.1) is 0 Å². The highest BCUT2D eigenvalue weighted by Crippen LogP contribution is 2.33. The molecule has 0 saturated carbocycles. The second kappa shape index (κ2) is 5.22. The van der Waals surface area contributed by atoms with Crippen molar-refractivity contribution in [2.24, 2.45) is 0 Å². The zero-order valence-corrected chi connectivity index (χ0v) is 12.4. The lowest BCUT2D eigenvalue weighted by Crippen LogP contribution is -2.55. The molecule has 2 saturated heterocycles. The Hall–Kier alpha value is -0.930. The zero-order chi connectivity index (χ0) is 13.4. The number of halogens is 1. The van der Waals surface area contributed by atoms with Crippen LogP contribution in [0.4, 0.5) is 5.69 Å². The molecule has 3 rings (SSSR count). The van der Waals surface area contributed by atoms with Crippen LogP contribution in [0.3, 0.4) is 0 Å². The van der Waals surface area contributed by atoms with Crippen molar-refractivity contribution in [3.8, 4) is 5.75 Å². The monoisotopic (exact) mass is 280 g/mol. The fraction of sp³-hybridized carbons (Fsp3) is 0.600. The Balaban J connectivity index is 1.84. The Morgan fingerprint density at radius 3 is 2.95 bits per heavy atom. The fourth-order valence-electron chi connectivity index (χ4n) is 3.37. The maximum Gasteiger partial charge on any atom is 0.139 e. The summed E-state index contributed by atoms with van der Waals surface area (Å²) in [5.41, 5.74) is 1.22. The molecule has 0 radical (unpaired) electrons. The van der Waals surface area contributed by atoms with Crippen molar-refractivity contribution in [2.45, 2.75) is 31.8 Å². The normalized spacial score (nSPS) is 27.4. The van der Waals surface area contributed by atoms with Crippen LogP contribution in [0.15, 0.2) is 18.2 Å². The van der Waals surface area contributed by atoms with E-state index in [1.165, 1.54) is 25.1 Å². The van der Waals surface area contributed by atoms with E-state index < -0.39 is 0 Å². The molecular formula is C15H21ClN2O. The van der Waals surface area contributed by atoms with Gasteiger partial charge >= 0.3 is 0 Å². The third-order valence-electron chi connectivity index (χ3n) is 4.40. The molecule has 2 fully saturated rings. The molecule has 19 heavy (non-hydrogen) atoms. The number of rotatable bonds is 2. The van der Waals surface area contributed by atoms with E-state index in [0.717, 1.165) is 24.9 Å². The molecule has 2 aliphatic heterocycles. The summed E-state index contributed by atoms with van der Waals surface area (Å²) in [6.07, 6.45) is 2.67. The third kappa shape index (κ3) is 2.41. The Morgan fingerprint density at radius 2 is 2.16 bits per heavy atom. The average molecular weight is 281 g/mol. The van der Waals surface area contributed by atoms with E-state index in [-0.39, 0.29) is 0 Å². The molecular weight excluding hydrogens is 260 g/mol. The SMILES string of the molecule is COc1cc(N2CC3CCCN3CC2C)ccc1Cl. The van der Waals surface area contributed by atoms with E-state index in [1.54, 1.807) is 7.11 Å². The molecule has 0 N–H and O–H groups in total. The minimum Gasteiger partial charge on any atom is -0.495 e. The average Bonchev–Trinajstić information content (AvgIpc) is 2.85. The molecule has 0 amide bonds. The number of ether oxygens (including phenoxy) is 1. The number of methoxy groups -OCH3 is 1. The number of hydrogen-bond donors (Lipinski definition) is 0. The minimum atomic E-state index is 0.542. The first-order chi connectivity index (χ1) is 9.19. The summed E-state index contributed by atoms with van der Waals surface area (Å²) in [4.78, 5) is 5.12. The molecule has 0 bridgehead atoms. The van der Waals surface area contributed by atoms with Crippen LogP contribution in [0.2, 0.25) is 5.02 Å². The van der Waals surface area contributed by atoms with Crippen LogP contribution in [0.5, 0.6) is 5.75 Å². The maximum absolute atomic E-state index is 6.11. The summed E-state index contributed by atoms with van der Waals surface area (Å²) in [5.74, 6) is 0.764. The Morgan fingerprint density at radius 1 is 1.32 bits per heavy atom. The van der Waals surface area contributed by atoms with Gasteiger partial charge in [0.05, 0.1) is 12.1 Å². The van der Waals surface area contributed by atoms with Crippen LogP contribution in [0.1, 0.15) is 19.8 Å². The molecule has 104 valence electrons. The standard InChI is InChI=1S/C15H21ClN2O/c1-11-9-17-7-3-4-13(17)10-18(11)12-5-6-14(16)15(8-12)19-2/h5-6,8,11,13H,3-4,7,9-10H2,1-2H3. The number of benzene rings is 1. The largest absolute Gasteiger partial charge is 0.495 e. The van der Waals surface area contributed by atoms with Crippen molar-refractivity contribution < 1.29 is 4.74 Å². The number of nitrogens with zero attached hydrogens (tertiary/aromatic N) is 2. The van der Waals surface area contributed by atoms with Crippen LogP contribution < -0.4 is 9.64 Å². The van der Waals surface area contributed by atoms with Gasteiger partial charge in [0.15, 0.2) is 0 Å². The Labute approximate surface area is 120 Å². The van der Waals surface area contributed by atoms with E-state index in [2.05, 4.69) is 28.9 Å². The summed E-state index contributed by atoms with van der Waals surface area (Å²) in [7, 11) is 1.67. The third-order valence-corrected chi connectivity index (χ3v) is 4.72. The van der Waals surface area contributed by atoms with Crippen LogP contribution in [0.25, 0.3) is 0 Å². The highest BCUT2D eigenvalue weighted by Gasteiger charge is 2.34. The van der Waals surface area contributed by atoms with Crippen molar-refractivity contribution in [1.82, 2.24) is 4.90 Å². The smallest absolute Gasteiger partial charge is 0.139 e. The van der Waals surface area contributed by atoms with E-state index in [9.17, 15) is 0 Å². The predicted molar refractivity (Wildman–Crippen MR) is 79.4 cm³/mol. The second-order valence-electron chi connectivity index (χ2n) is 5.61. The molecule has 3 nitrogen and oxygen atoms in total. The van der Waals surface area contributed by atoms with Gasteiger partial charge in [0.2, 0.25) is 0 Å². The first-order valence-electron chi connectivity index (χ1n) is 7.03. The molecule has 1 aromatic rings. The number of fused-ring (bicyclic) bond motifs is 1. The second-order valence-corrected chi connectivity index (χ2v) is 6.02. The fourth-order valence-corrected chi connectivity index (χ4v) is 3.57. The quantitative estimate of drug-likeness (QED) is 0.828. The van der Waals surface area contributed by atoms with Crippen molar-refractivity contribution in [1.29, 1.82) is 0 Å². The van der Waals surface area contributed by atoms with Crippen molar-refractivity contribution in [3.05, 3.63) is 23.2 Å². The van der Waals surface area contributed by atoms with Gasteiger partial charge in [0.1, 0.15) is 5.75 Å². The lowest BCUT2D eigenvalue weighted by atomic mass is 10.1. The van der Waals surface area contributed by atoms with E-state index >= 15 is 0 Å². The first kappa shape index (κ1) is 13.1. The summed E-state index contributed by atoms with van der Waals surface area (Å²) >= 11 is 6.11. The van der Waals surface area contributed by atoms with Crippen molar-refractivity contribution in [2.75, 3.05) is 31.6 Å². The Bertz CT molecular complexity index is 465. The Kier molecular flexibility index (Phi) is 3.59. The first-order valence-corrected chi connectivity index (χ1v) is 7.41. The highest BCUT2D eigenvalue weighted by atomic mass is 35.5. The summed E-state index contributed by atoms with van der Waals surface area (Å²) < 4.78 is 5.33. The highest BCUT2D eigenvalue weighted by molar-refractivity contribution is 6.32. The summed E-state index contributed by atoms with van der Waals surface area (Å²) in [5, 5.41) is 0.679. The number of hydrogen-bond acceptors (Lipinski definition) is 3. The maximum atomic E-state index is 6.11. The van der Waals surface area contributed by atoms with Gasteiger partial charge in [0, 0.05) is 36.9 Å². The van der Waals surface area contributed by atoms with E-state index in [1.807, 2.05) is 6.07 Å². The minimum absolute atomic E-state index is 0.542. The van der Waals surface area contributed by atoms with Gasteiger partial charge in [-0.2, -0.15) is 0 Å². The van der Waals surface area contributed by atoms with Crippen LogP contribution >= 0.6 is 11.6 Å². The van der Waals surface area contributed by atoms with Gasteiger partial charge in [-0.05, 0) is 38.4 Å². The van der Waals surface area contributed by atoms with Gasteiger partial charge in [-0.25, -0.2) is 0 Å².